The highest BCUT2D eigenvalue weighted by molar-refractivity contribution is 7.89. The summed E-state index contributed by atoms with van der Waals surface area (Å²) in [5.74, 6) is 0. The number of nitrogens with one attached hydrogen (secondary N) is 2. The van der Waals surface area contributed by atoms with Crippen molar-refractivity contribution in [1.29, 1.82) is 0 Å². The molecule has 3 aromatic rings. The van der Waals surface area contributed by atoms with Gasteiger partial charge in [-0.15, -0.1) is 0 Å². The first kappa shape index (κ1) is 16.6. The molecule has 4 nitrogen and oxygen atoms in total. The number of H-pyrrole nitrogens is 1. The number of sulfonamides is 1. The van der Waals surface area contributed by atoms with Gasteiger partial charge in [-0.3, -0.25) is 0 Å². The van der Waals surface area contributed by atoms with Crippen LogP contribution in [0.3, 0.4) is 0 Å². The van der Waals surface area contributed by atoms with Gasteiger partial charge < -0.3 is 4.98 Å². The zero-order valence-electron chi connectivity index (χ0n) is 13.8. The Morgan fingerprint density at radius 2 is 1.92 bits per heavy atom. The summed E-state index contributed by atoms with van der Waals surface area (Å²) in [4.78, 5) is 3.62. The molecule has 1 aliphatic carbocycles. The number of hydrogen-bond donors (Lipinski definition) is 2. The van der Waals surface area contributed by atoms with Crippen molar-refractivity contribution in [1.82, 2.24) is 9.71 Å². The number of aromatic nitrogens is 1. The molecule has 2 aromatic carbocycles. The summed E-state index contributed by atoms with van der Waals surface area (Å²) in [7, 11) is -3.58. The molecular formula is C19H19ClN2O2S. The van der Waals surface area contributed by atoms with Crippen LogP contribution < -0.4 is 4.72 Å². The van der Waals surface area contributed by atoms with Gasteiger partial charge in [-0.1, -0.05) is 35.9 Å². The smallest absolute Gasteiger partial charge is 0.240 e. The van der Waals surface area contributed by atoms with Gasteiger partial charge in [-0.05, 0) is 49.6 Å². The highest BCUT2D eigenvalue weighted by Crippen LogP contribution is 2.51. The number of rotatable bonds is 5. The maximum Gasteiger partial charge on any atom is 0.240 e. The van der Waals surface area contributed by atoms with Gasteiger partial charge in [-0.2, -0.15) is 0 Å². The predicted molar refractivity (Wildman–Crippen MR) is 101 cm³/mol. The fraction of sp³-hybridized carbons (Fsp3) is 0.263. The fourth-order valence-electron chi connectivity index (χ4n) is 3.58. The van der Waals surface area contributed by atoms with Gasteiger partial charge in [0.15, 0.2) is 0 Å². The molecule has 0 aliphatic heterocycles. The van der Waals surface area contributed by atoms with E-state index in [1.54, 1.807) is 18.2 Å². The normalized spacial score (nSPS) is 16.2. The molecule has 0 radical (unpaired) electrons. The molecule has 1 fully saturated rings. The topological polar surface area (TPSA) is 62.0 Å². The first-order chi connectivity index (χ1) is 11.9. The number of hydrogen-bond acceptors (Lipinski definition) is 2. The second-order valence-corrected chi connectivity index (χ2v) is 8.94. The number of fused-ring (bicyclic) bond motifs is 1. The summed E-state index contributed by atoms with van der Waals surface area (Å²) in [6.07, 6.45) is 1.96. The van der Waals surface area contributed by atoms with Gasteiger partial charge in [0, 0.05) is 33.6 Å². The van der Waals surface area contributed by atoms with Crippen molar-refractivity contribution < 1.29 is 8.42 Å². The molecule has 2 N–H and O–H groups in total. The third-order valence-corrected chi connectivity index (χ3v) is 6.62. The molecule has 1 saturated carbocycles. The van der Waals surface area contributed by atoms with Crippen molar-refractivity contribution in [2.75, 3.05) is 6.54 Å². The Hall–Kier alpha value is -1.82. The van der Waals surface area contributed by atoms with Gasteiger partial charge >= 0.3 is 0 Å². The van der Waals surface area contributed by atoms with Crippen molar-refractivity contribution in [2.45, 2.75) is 30.1 Å². The zero-order chi connectivity index (χ0) is 17.7. The Bertz CT molecular complexity index is 1050. The maximum absolute atomic E-state index is 12.6. The first-order valence-corrected chi connectivity index (χ1v) is 10.1. The van der Waals surface area contributed by atoms with E-state index in [1.165, 1.54) is 17.0 Å². The van der Waals surface area contributed by atoms with Crippen molar-refractivity contribution >= 4 is 32.5 Å². The molecule has 0 saturated heterocycles. The van der Waals surface area contributed by atoms with Crippen molar-refractivity contribution in [3.8, 4) is 0 Å². The molecule has 0 spiro atoms. The molecule has 4 rings (SSSR count). The Morgan fingerprint density at radius 3 is 2.64 bits per heavy atom. The monoisotopic (exact) mass is 374 g/mol. The first-order valence-electron chi connectivity index (χ1n) is 8.24. The summed E-state index contributed by atoms with van der Waals surface area (Å²) in [5.41, 5.74) is 3.31. The molecule has 1 aromatic heterocycles. The van der Waals surface area contributed by atoms with Crippen molar-refractivity contribution in [3.63, 3.8) is 0 Å². The van der Waals surface area contributed by atoms with E-state index >= 15 is 0 Å². The van der Waals surface area contributed by atoms with Crippen LogP contribution in [0.2, 0.25) is 5.02 Å². The molecule has 0 unspecified atom stereocenters. The minimum atomic E-state index is -3.58. The van der Waals surface area contributed by atoms with E-state index in [1.807, 2.05) is 12.1 Å². The lowest BCUT2D eigenvalue weighted by Gasteiger charge is -2.17. The molecule has 0 bridgehead atoms. The van der Waals surface area contributed by atoms with E-state index in [2.05, 4.69) is 28.8 Å². The molecular weight excluding hydrogens is 356 g/mol. The quantitative estimate of drug-likeness (QED) is 0.705. The molecule has 25 heavy (non-hydrogen) atoms. The second-order valence-electron chi connectivity index (χ2n) is 6.73. The predicted octanol–water partition coefficient (Wildman–Crippen LogP) is 4.14. The third-order valence-electron chi connectivity index (χ3n) is 4.98. The van der Waals surface area contributed by atoms with Crippen LogP contribution in [0.5, 0.6) is 0 Å². The van der Waals surface area contributed by atoms with E-state index in [4.69, 9.17) is 11.6 Å². The van der Waals surface area contributed by atoms with Crippen LogP contribution in [-0.2, 0) is 15.4 Å². The number of aromatic amines is 1. The van der Waals surface area contributed by atoms with Gasteiger partial charge in [0.2, 0.25) is 10.0 Å². The number of aryl methyl sites for hydroxylation is 1. The molecule has 1 heterocycles. The van der Waals surface area contributed by atoms with Crippen LogP contribution in [0.1, 0.15) is 24.1 Å². The summed E-state index contributed by atoms with van der Waals surface area (Å²) >= 11 is 5.92. The maximum atomic E-state index is 12.6. The third kappa shape index (κ3) is 2.97. The summed E-state index contributed by atoms with van der Waals surface area (Å²) in [5, 5.41) is 1.59. The van der Waals surface area contributed by atoms with Crippen molar-refractivity contribution in [2.24, 2.45) is 0 Å². The van der Waals surface area contributed by atoms with Crippen LogP contribution in [0.4, 0.5) is 0 Å². The number of halogens is 1. The lowest BCUT2D eigenvalue weighted by atomic mass is 9.93. The molecule has 6 heteroatoms. The van der Waals surface area contributed by atoms with E-state index in [0.29, 0.717) is 11.6 Å². The molecule has 0 atom stereocenters. The fourth-order valence-corrected chi connectivity index (χ4v) is 5.00. The Morgan fingerprint density at radius 1 is 1.16 bits per heavy atom. The van der Waals surface area contributed by atoms with E-state index in [-0.39, 0.29) is 10.3 Å². The van der Waals surface area contributed by atoms with Gasteiger partial charge in [-0.25, -0.2) is 13.1 Å². The van der Waals surface area contributed by atoms with Crippen LogP contribution >= 0.6 is 11.6 Å². The Balaban J connectivity index is 1.63. The van der Waals surface area contributed by atoms with E-state index < -0.39 is 10.0 Å². The average molecular weight is 375 g/mol. The minimum Gasteiger partial charge on any atom is -0.358 e. The average Bonchev–Trinajstić information content (AvgIpc) is 3.28. The lowest BCUT2D eigenvalue weighted by Crippen LogP contribution is -2.32. The highest BCUT2D eigenvalue weighted by atomic mass is 35.5. The van der Waals surface area contributed by atoms with Gasteiger partial charge in [0.1, 0.15) is 0 Å². The molecule has 1 aliphatic rings. The Labute approximate surface area is 152 Å². The summed E-state index contributed by atoms with van der Waals surface area (Å²) in [6.45, 7) is 2.45. The van der Waals surface area contributed by atoms with Crippen LogP contribution in [-0.4, -0.2) is 19.9 Å². The van der Waals surface area contributed by atoms with Gasteiger partial charge in [0.25, 0.3) is 0 Å². The number of benzene rings is 2. The highest BCUT2D eigenvalue weighted by Gasteiger charge is 2.47. The van der Waals surface area contributed by atoms with Crippen molar-refractivity contribution in [3.05, 3.63) is 64.8 Å². The van der Waals surface area contributed by atoms with Gasteiger partial charge in [0.05, 0.1) is 4.90 Å². The zero-order valence-corrected chi connectivity index (χ0v) is 15.4. The van der Waals surface area contributed by atoms with Crippen LogP contribution in [0, 0.1) is 6.92 Å². The summed E-state index contributed by atoms with van der Waals surface area (Å²) < 4.78 is 28.0. The Kier molecular flexibility index (Phi) is 3.90. The lowest BCUT2D eigenvalue weighted by molar-refractivity contribution is 0.567. The van der Waals surface area contributed by atoms with Crippen LogP contribution in [0.15, 0.2) is 53.4 Å². The largest absolute Gasteiger partial charge is 0.358 e. The SMILES string of the molecule is Cc1[nH]c2ccccc2c1C1(CNS(=O)(=O)c2cccc(Cl)c2)CC1. The number of para-hydroxylation sites is 1. The summed E-state index contributed by atoms with van der Waals surface area (Å²) in [6, 6.07) is 14.5. The van der Waals surface area contributed by atoms with E-state index in [0.717, 1.165) is 24.1 Å². The standard InChI is InChI=1S/C19H19ClN2O2S/c1-13-18(16-7-2-3-8-17(16)22-13)19(9-10-19)12-21-25(23,24)15-6-4-5-14(20)11-15/h2-8,11,21-22H,9-10,12H2,1H3. The second kappa shape index (κ2) is 5.87. The minimum absolute atomic E-state index is 0.130. The van der Waals surface area contributed by atoms with Crippen LogP contribution in [0.25, 0.3) is 10.9 Å². The molecule has 130 valence electrons. The van der Waals surface area contributed by atoms with E-state index in [9.17, 15) is 8.42 Å². The molecule has 0 amide bonds.